The molecule has 0 saturated carbocycles. The molecule has 630 valence electrons. The molecule has 0 amide bonds. The van der Waals surface area contributed by atoms with Crippen molar-refractivity contribution in [1.29, 1.82) is 0 Å². The van der Waals surface area contributed by atoms with E-state index < -0.39 is 60.1 Å². The first-order valence-corrected chi connectivity index (χ1v) is 39.3. The molecule has 0 aliphatic carbocycles. The second-order valence-corrected chi connectivity index (χ2v) is 31.1. The molecule has 0 aromatic carbocycles. The van der Waals surface area contributed by atoms with Crippen LogP contribution < -0.4 is 0 Å². The molecule has 6 aliphatic heterocycles. The minimum Gasteiger partial charge on any atom is -0.390 e. The molecule has 42 nitrogen and oxygen atoms in total. The third kappa shape index (κ3) is 32.2. The minimum atomic E-state index is -0.628. The van der Waals surface area contributed by atoms with Gasteiger partial charge in [-0.05, 0) is 189 Å². The van der Waals surface area contributed by atoms with Crippen LogP contribution in [-0.4, -0.2) is 315 Å². The Bertz CT molecular complexity index is 3510. The van der Waals surface area contributed by atoms with Gasteiger partial charge in [-0.25, -0.2) is 27.4 Å². The molecular weight excluding hydrogens is 1470 g/mol. The Hall–Kier alpha value is -8.82. The van der Waals surface area contributed by atoms with Gasteiger partial charge in [-0.15, -0.1) is 0 Å². The molecule has 5 N–H and O–H groups in total. The van der Waals surface area contributed by atoms with Gasteiger partial charge >= 0.3 is 35.7 Å². The summed E-state index contributed by atoms with van der Waals surface area (Å²) in [6, 6.07) is 0. The maximum Gasteiger partial charge on any atom is 0.434 e. The van der Waals surface area contributed by atoms with E-state index >= 15 is 0 Å². The van der Waals surface area contributed by atoms with Crippen LogP contribution in [-0.2, 0) is 39.3 Å². The predicted molar refractivity (Wildman–Crippen MR) is 416 cm³/mol. The Morgan fingerprint density at radius 2 is 0.549 bits per heavy atom. The lowest BCUT2D eigenvalue weighted by Gasteiger charge is -2.33. The summed E-state index contributed by atoms with van der Waals surface area (Å²) in [5, 5.41) is 114. The molecule has 0 spiro atoms. The number of imidazole rings is 6. The summed E-state index contributed by atoms with van der Waals surface area (Å²) in [6.07, 6.45) is 27.5. The van der Waals surface area contributed by atoms with E-state index in [4.69, 9.17) is 0 Å². The summed E-state index contributed by atoms with van der Waals surface area (Å²) in [5.41, 5.74) is 0. The van der Waals surface area contributed by atoms with Crippen LogP contribution in [0.3, 0.4) is 0 Å². The zero-order valence-electron chi connectivity index (χ0n) is 66.2. The van der Waals surface area contributed by atoms with Crippen LogP contribution in [0, 0.1) is 90.3 Å². The second-order valence-electron chi connectivity index (χ2n) is 31.1. The Balaban J connectivity index is 0.000000188. The summed E-state index contributed by atoms with van der Waals surface area (Å²) >= 11 is 0. The van der Waals surface area contributed by atoms with Crippen LogP contribution in [0.15, 0.2) is 74.4 Å². The summed E-state index contributed by atoms with van der Waals surface area (Å²) in [6.45, 7) is 30.7. The first-order chi connectivity index (χ1) is 54.0. The lowest BCUT2D eigenvalue weighted by molar-refractivity contribution is -0.397. The maximum absolute atomic E-state index is 10.7. The van der Waals surface area contributed by atoms with Crippen LogP contribution >= 0.6 is 0 Å². The molecular formula is C71H119N25O17. The summed E-state index contributed by atoms with van der Waals surface area (Å²) in [7, 11) is 2.07. The first-order valence-electron chi connectivity index (χ1n) is 39.3. The van der Waals surface area contributed by atoms with Gasteiger partial charge < -0.3 is 116 Å². The average Bonchev–Trinajstić information content (AvgIpc) is 1.71. The number of likely N-dealkylation sites (tertiary alicyclic amines) is 5. The number of hydrogen-bond acceptors (Lipinski definition) is 30. The van der Waals surface area contributed by atoms with Gasteiger partial charge in [0.15, 0.2) is 0 Å². The number of nitrogens with zero attached hydrogens (tertiary/aromatic N) is 25. The number of piperidine rings is 5. The molecule has 6 aromatic heterocycles. The number of likely N-dealkylation sites (N-methyl/N-ethyl adjacent to an activating group) is 1. The number of hydrogen-bond donors (Lipinski definition) is 5. The molecule has 0 radical (unpaired) electrons. The van der Waals surface area contributed by atoms with E-state index in [1.165, 1.54) is 117 Å². The first kappa shape index (κ1) is 91.4. The van der Waals surface area contributed by atoms with Crippen molar-refractivity contribution in [2.45, 2.75) is 175 Å². The number of piperazine rings is 1. The standard InChI is InChI=1S/4C12H20N4O3.C12H20N4O2.C11H19N5O3/c2*1-10-2-5-14(6-3-10)8-11(17)9-15-7-4-13-12(15)16(18)19;2*1-10-3-2-5-14(7-10)8-11(17)9-15-6-4-13-12(15)16(18)19;1-11-3-8-14(9-4-11)6-2-7-15-10-5-13-12(15)16(17)18;1-13-4-6-14(7-5-13)8-10(17)9-15-3-2-12-11(15)16(18)19/h2*4,7,10-11,17H,2-3,5-6,8-9H2,1H3;2*4,6,10-11,17H,2-3,5,7-9H2,1H3;5,10-11H,2-4,6-9H2,1H3;2-3,10,17H,4-9H2,1H3. The molecule has 7 atom stereocenters. The molecule has 7 unspecified atom stereocenters. The van der Waals surface area contributed by atoms with Gasteiger partial charge in [0, 0.05) is 78.5 Å². The number of nitro groups is 6. The highest BCUT2D eigenvalue weighted by molar-refractivity contribution is 5.11. The third-order valence-electron chi connectivity index (χ3n) is 21.1. The number of rotatable bonds is 30. The molecule has 12 heterocycles. The van der Waals surface area contributed by atoms with Crippen LogP contribution in [0.2, 0.25) is 0 Å². The smallest absolute Gasteiger partial charge is 0.390 e. The van der Waals surface area contributed by atoms with Crippen molar-refractivity contribution in [1.82, 2.24) is 91.6 Å². The van der Waals surface area contributed by atoms with Gasteiger partial charge in [-0.2, -0.15) is 0 Å². The Morgan fingerprint density at radius 3 is 0.814 bits per heavy atom. The van der Waals surface area contributed by atoms with Crippen molar-refractivity contribution in [3.8, 4) is 0 Å². The fraction of sp³-hybridized carbons (Fsp3) is 0.746. The SMILES string of the molecule is CC1CCCN(CC(O)Cn2ccnc2[N+](=O)[O-])C1.CC1CCCN(CC(O)Cn2ccnc2[N+](=O)[O-])C1.CC1CCN(CC(O)Cn2ccnc2[N+](=O)[O-])CC1.CC1CCN(CC(O)Cn2ccnc2[N+](=O)[O-])CC1.CC1CCN(CCCn2ccnc2[N+](=O)[O-])CC1.CN1CCN(CC(O)Cn2ccnc2[N+](=O)[O-])CC1. The fourth-order valence-corrected chi connectivity index (χ4v) is 14.8. The van der Waals surface area contributed by atoms with Gasteiger partial charge in [0.2, 0.25) is 0 Å². The van der Waals surface area contributed by atoms with Crippen molar-refractivity contribution >= 4 is 35.7 Å². The Labute approximate surface area is 657 Å². The van der Waals surface area contributed by atoms with Crippen molar-refractivity contribution in [2.24, 2.45) is 29.6 Å². The number of β-amino-alcohol motifs (C(OH)–C–C–N with tert-alkyl or cyclic N) is 5. The molecule has 0 bridgehead atoms. The van der Waals surface area contributed by atoms with E-state index in [0.29, 0.717) is 51.1 Å². The lowest BCUT2D eigenvalue weighted by Crippen LogP contribution is -2.47. The van der Waals surface area contributed by atoms with Gasteiger partial charge in [0.05, 0.1) is 69.8 Å². The van der Waals surface area contributed by atoms with E-state index in [-0.39, 0.29) is 68.4 Å². The number of aryl methyl sites for hydroxylation is 1. The monoisotopic (exact) mass is 1590 g/mol. The van der Waals surface area contributed by atoms with Crippen molar-refractivity contribution < 1.29 is 55.1 Å². The summed E-state index contributed by atoms with van der Waals surface area (Å²) < 4.78 is 8.54. The van der Waals surface area contributed by atoms with Crippen LogP contribution in [0.5, 0.6) is 0 Å². The van der Waals surface area contributed by atoms with Gasteiger partial charge in [0.1, 0.15) is 74.4 Å². The number of aromatic nitrogens is 12. The average molecular weight is 1590 g/mol. The van der Waals surface area contributed by atoms with Gasteiger partial charge in [0.25, 0.3) is 0 Å². The predicted octanol–water partition coefficient (Wildman–Crippen LogP) is 4.85. The number of aliphatic hydroxyl groups excluding tert-OH is 5. The number of aliphatic hydroxyl groups is 5. The van der Waals surface area contributed by atoms with Crippen LogP contribution in [0.25, 0.3) is 0 Å². The van der Waals surface area contributed by atoms with Gasteiger partial charge in [-0.3, -0.25) is 4.90 Å². The topological polar surface area (TPSA) is 490 Å². The normalized spacial score (nSPS) is 20.2. The summed E-state index contributed by atoms with van der Waals surface area (Å²) in [5.74, 6) is 2.52. The highest BCUT2D eigenvalue weighted by atomic mass is 16.7. The molecule has 6 aliphatic rings. The zero-order chi connectivity index (χ0) is 82.1. The van der Waals surface area contributed by atoms with Crippen LogP contribution in [0.4, 0.5) is 35.7 Å². The van der Waals surface area contributed by atoms with Crippen molar-refractivity contribution in [3.63, 3.8) is 0 Å². The second kappa shape index (κ2) is 47.1. The van der Waals surface area contributed by atoms with Gasteiger partial charge in [-0.1, -0.05) is 64.5 Å². The quantitative estimate of drug-likeness (QED) is 0.0297. The van der Waals surface area contributed by atoms with E-state index in [0.717, 1.165) is 161 Å². The van der Waals surface area contributed by atoms with E-state index in [1.807, 2.05) is 0 Å². The minimum absolute atomic E-state index is 0.0535. The molecule has 42 heteroatoms. The summed E-state index contributed by atoms with van der Waals surface area (Å²) in [4.78, 5) is 99.0. The highest BCUT2D eigenvalue weighted by Gasteiger charge is 2.29. The zero-order valence-corrected chi connectivity index (χ0v) is 66.2. The van der Waals surface area contributed by atoms with Crippen molar-refractivity contribution in [3.05, 3.63) is 135 Å². The van der Waals surface area contributed by atoms with Crippen molar-refractivity contribution in [2.75, 3.05) is 138 Å². The highest BCUT2D eigenvalue weighted by Crippen LogP contribution is 2.23. The van der Waals surface area contributed by atoms with E-state index in [9.17, 15) is 86.2 Å². The third-order valence-corrected chi connectivity index (χ3v) is 21.1. The molecule has 12 rings (SSSR count). The van der Waals surface area contributed by atoms with E-state index in [1.54, 1.807) is 10.8 Å². The molecule has 6 aromatic rings. The Kier molecular flexibility index (Phi) is 38.1. The fourth-order valence-electron chi connectivity index (χ4n) is 14.8. The lowest BCUT2D eigenvalue weighted by atomic mass is 9.99. The van der Waals surface area contributed by atoms with Crippen LogP contribution in [0.1, 0.15) is 105 Å². The molecule has 6 fully saturated rings. The maximum atomic E-state index is 10.7. The molecule has 6 saturated heterocycles. The molecule has 113 heavy (non-hydrogen) atoms. The van der Waals surface area contributed by atoms with E-state index in [2.05, 4.69) is 106 Å². The largest absolute Gasteiger partial charge is 0.434 e. The Morgan fingerprint density at radius 1 is 0.310 bits per heavy atom.